The van der Waals surface area contributed by atoms with Crippen LogP contribution in [-0.2, 0) is 6.61 Å². The van der Waals surface area contributed by atoms with Crippen LogP contribution < -0.4 is 10.1 Å². The summed E-state index contributed by atoms with van der Waals surface area (Å²) in [5, 5.41) is 3.25. The van der Waals surface area contributed by atoms with Crippen LogP contribution in [0.5, 0.6) is 5.75 Å². The van der Waals surface area contributed by atoms with Gasteiger partial charge in [0.25, 0.3) is 0 Å². The Hall–Kier alpha value is -2.81. The molecule has 0 bridgehead atoms. The molecule has 0 aliphatic rings. The SMILES string of the molecule is CNc1cccc(C)c1COc1cc(C)c(-c2cccc(C)n2)cc1C. The van der Waals surface area contributed by atoms with Crippen molar-refractivity contribution in [3.63, 3.8) is 0 Å². The monoisotopic (exact) mass is 346 g/mol. The van der Waals surface area contributed by atoms with Gasteiger partial charge in [0.15, 0.2) is 0 Å². The first-order valence-electron chi connectivity index (χ1n) is 8.94. The van der Waals surface area contributed by atoms with Crippen LogP contribution in [0.1, 0.15) is 27.9 Å². The van der Waals surface area contributed by atoms with Gasteiger partial charge in [-0.2, -0.15) is 0 Å². The average Bonchev–Trinajstić information content (AvgIpc) is 2.62. The summed E-state index contributed by atoms with van der Waals surface area (Å²) in [5.74, 6) is 0.921. The Balaban J connectivity index is 1.88. The zero-order chi connectivity index (χ0) is 18.7. The third-order valence-corrected chi connectivity index (χ3v) is 4.74. The quantitative estimate of drug-likeness (QED) is 0.652. The number of ether oxygens (including phenoxy) is 1. The highest BCUT2D eigenvalue weighted by Crippen LogP contribution is 2.30. The van der Waals surface area contributed by atoms with Crippen LogP contribution in [0.15, 0.2) is 48.5 Å². The standard InChI is InChI=1S/C23H26N2O/c1-15-8-6-10-21(24-5)20(15)14-26-23-13-16(2)19(12-17(23)3)22-11-7-9-18(4)25-22/h6-13,24H,14H2,1-5H3. The summed E-state index contributed by atoms with van der Waals surface area (Å²) in [4.78, 5) is 4.65. The summed E-state index contributed by atoms with van der Waals surface area (Å²) >= 11 is 0. The van der Waals surface area contributed by atoms with E-state index in [0.717, 1.165) is 34.0 Å². The van der Waals surface area contributed by atoms with Gasteiger partial charge >= 0.3 is 0 Å². The molecule has 0 saturated carbocycles. The summed E-state index contributed by atoms with van der Waals surface area (Å²) in [6.45, 7) is 8.88. The minimum atomic E-state index is 0.547. The Labute approximate surface area is 156 Å². The fraction of sp³-hybridized carbons (Fsp3) is 0.261. The van der Waals surface area contributed by atoms with Gasteiger partial charge in [0.1, 0.15) is 12.4 Å². The Morgan fingerprint density at radius 3 is 2.38 bits per heavy atom. The van der Waals surface area contributed by atoms with E-state index in [2.05, 4.69) is 67.5 Å². The fourth-order valence-electron chi connectivity index (χ4n) is 3.19. The number of nitrogens with one attached hydrogen (secondary N) is 1. The van der Waals surface area contributed by atoms with Crippen LogP contribution in [0.2, 0.25) is 0 Å². The second-order valence-corrected chi connectivity index (χ2v) is 6.74. The molecule has 3 heteroatoms. The minimum absolute atomic E-state index is 0.547. The molecule has 0 unspecified atom stereocenters. The molecule has 1 aromatic heterocycles. The normalized spacial score (nSPS) is 10.7. The van der Waals surface area contributed by atoms with Crippen molar-refractivity contribution < 1.29 is 4.74 Å². The molecule has 1 heterocycles. The molecular weight excluding hydrogens is 320 g/mol. The zero-order valence-corrected chi connectivity index (χ0v) is 16.2. The predicted octanol–water partition coefficient (Wildman–Crippen LogP) is 5.60. The van der Waals surface area contributed by atoms with Crippen molar-refractivity contribution in [2.45, 2.75) is 34.3 Å². The lowest BCUT2D eigenvalue weighted by Crippen LogP contribution is -2.04. The lowest BCUT2D eigenvalue weighted by atomic mass is 10.0. The van der Waals surface area contributed by atoms with Crippen molar-refractivity contribution in [3.05, 3.63) is 76.5 Å². The lowest BCUT2D eigenvalue weighted by molar-refractivity contribution is 0.304. The van der Waals surface area contributed by atoms with Gasteiger partial charge in [-0.05, 0) is 74.7 Å². The first-order chi connectivity index (χ1) is 12.5. The number of pyridine rings is 1. The largest absolute Gasteiger partial charge is 0.489 e. The number of rotatable bonds is 5. The maximum absolute atomic E-state index is 6.18. The highest BCUT2D eigenvalue weighted by Gasteiger charge is 2.11. The maximum Gasteiger partial charge on any atom is 0.123 e. The van der Waals surface area contributed by atoms with Crippen molar-refractivity contribution in [2.24, 2.45) is 0 Å². The van der Waals surface area contributed by atoms with Crippen molar-refractivity contribution in [1.82, 2.24) is 4.98 Å². The maximum atomic E-state index is 6.18. The molecule has 0 amide bonds. The number of aryl methyl sites for hydroxylation is 4. The first kappa shape index (κ1) is 18.0. The lowest BCUT2D eigenvalue weighted by Gasteiger charge is -2.16. The predicted molar refractivity (Wildman–Crippen MR) is 109 cm³/mol. The number of nitrogens with zero attached hydrogens (tertiary/aromatic N) is 1. The van der Waals surface area contributed by atoms with E-state index < -0.39 is 0 Å². The topological polar surface area (TPSA) is 34.1 Å². The Bertz CT molecular complexity index is 931. The third kappa shape index (κ3) is 3.72. The summed E-state index contributed by atoms with van der Waals surface area (Å²) in [6.07, 6.45) is 0. The van der Waals surface area contributed by atoms with Gasteiger partial charge in [-0.15, -0.1) is 0 Å². The number of benzene rings is 2. The van der Waals surface area contributed by atoms with Gasteiger partial charge < -0.3 is 10.1 Å². The van der Waals surface area contributed by atoms with Crippen LogP contribution in [-0.4, -0.2) is 12.0 Å². The number of aromatic nitrogens is 1. The molecule has 3 nitrogen and oxygen atoms in total. The van der Waals surface area contributed by atoms with Gasteiger partial charge in [0, 0.05) is 29.6 Å². The Morgan fingerprint density at radius 1 is 0.885 bits per heavy atom. The van der Waals surface area contributed by atoms with Crippen molar-refractivity contribution in [3.8, 4) is 17.0 Å². The van der Waals surface area contributed by atoms with Gasteiger partial charge in [-0.3, -0.25) is 4.98 Å². The molecule has 0 spiro atoms. The first-order valence-corrected chi connectivity index (χ1v) is 8.94. The Kier molecular flexibility index (Phi) is 5.27. The second-order valence-electron chi connectivity index (χ2n) is 6.74. The summed E-state index contributed by atoms with van der Waals surface area (Å²) in [7, 11) is 1.94. The van der Waals surface area contributed by atoms with Crippen LogP contribution in [0.4, 0.5) is 5.69 Å². The molecule has 0 radical (unpaired) electrons. The van der Waals surface area contributed by atoms with Crippen LogP contribution >= 0.6 is 0 Å². The highest BCUT2D eigenvalue weighted by molar-refractivity contribution is 5.66. The summed E-state index contributed by atoms with van der Waals surface area (Å²) in [5.41, 5.74) is 9.01. The molecule has 134 valence electrons. The van der Waals surface area contributed by atoms with Gasteiger partial charge in [0.05, 0.1) is 5.69 Å². The second kappa shape index (κ2) is 7.61. The highest BCUT2D eigenvalue weighted by atomic mass is 16.5. The smallest absolute Gasteiger partial charge is 0.123 e. The minimum Gasteiger partial charge on any atom is -0.489 e. The average molecular weight is 346 g/mol. The molecule has 0 atom stereocenters. The van der Waals surface area contributed by atoms with E-state index in [1.165, 1.54) is 16.7 Å². The van der Waals surface area contributed by atoms with E-state index in [-0.39, 0.29) is 0 Å². The number of hydrogen-bond acceptors (Lipinski definition) is 3. The summed E-state index contributed by atoms with van der Waals surface area (Å²) < 4.78 is 6.18. The molecular formula is C23H26N2O. The third-order valence-electron chi connectivity index (χ3n) is 4.74. The molecule has 2 aromatic carbocycles. The fourth-order valence-corrected chi connectivity index (χ4v) is 3.19. The van der Waals surface area contributed by atoms with Crippen LogP contribution in [0.25, 0.3) is 11.3 Å². The van der Waals surface area contributed by atoms with Gasteiger partial charge in [-0.1, -0.05) is 18.2 Å². The van der Waals surface area contributed by atoms with E-state index in [1.54, 1.807) is 0 Å². The zero-order valence-electron chi connectivity index (χ0n) is 16.2. The van der Waals surface area contributed by atoms with E-state index in [0.29, 0.717) is 6.61 Å². The molecule has 0 fully saturated rings. The van der Waals surface area contributed by atoms with Crippen LogP contribution in [0, 0.1) is 27.7 Å². The molecule has 0 aliphatic carbocycles. The van der Waals surface area contributed by atoms with Crippen molar-refractivity contribution in [1.29, 1.82) is 0 Å². The van der Waals surface area contributed by atoms with Crippen molar-refractivity contribution in [2.75, 3.05) is 12.4 Å². The van der Waals surface area contributed by atoms with Gasteiger partial charge in [-0.25, -0.2) is 0 Å². The molecule has 3 aromatic rings. The molecule has 3 rings (SSSR count). The molecule has 26 heavy (non-hydrogen) atoms. The van der Waals surface area contributed by atoms with Crippen LogP contribution in [0.3, 0.4) is 0 Å². The summed E-state index contributed by atoms with van der Waals surface area (Å²) in [6, 6.07) is 16.7. The van der Waals surface area contributed by atoms with E-state index in [9.17, 15) is 0 Å². The van der Waals surface area contributed by atoms with E-state index in [1.807, 2.05) is 26.1 Å². The van der Waals surface area contributed by atoms with E-state index in [4.69, 9.17) is 4.74 Å². The van der Waals surface area contributed by atoms with Gasteiger partial charge in [0.2, 0.25) is 0 Å². The molecule has 1 N–H and O–H groups in total. The van der Waals surface area contributed by atoms with E-state index >= 15 is 0 Å². The Morgan fingerprint density at radius 2 is 1.65 bits per heavy atom. The van der Waals surface area contributed by atoms with Crippen molar-refractivity contribution >= 4 is 5.69 Å². The molecule has 0 aliphatic heterocycles. The number of hydrogen-bond donors (Lipinski definition) is 1. The molecule has 0 saturated heterocycles. The number of anilines is 1.